The van der Waals surface area contributed by atoms with Crippen LogP contribution in [0.5, 0.6) is 0 Å². The molecule has 0 N–H and O–H groups in total. The van der Waals surface area contributed by atoms with Gasteiger partial charge in [-0.15, -0.1) is 0 Å². The van der Waals surface area contributed by atoms with Crippen LogP contribution in [-0.2, 0) is 6.18 Å². The highest BCUT2D eigenvalue weighted by Crippen LogP contribution is 2.41. The third-order valence-corrected chi connectivity index (χ3v) is 3.13. The maximum atomic E-state index is 12.7. The highest BCUT2D eigenvalue weighted by atomic mass is 79.9. The van der Waals surface area contributed by atoms with E-state index >= 15 is 0 Å². The van der Waals surface area contributed by atoms with Crippen LogP contribution in [0, 0.1) is 10.1 Å². The summed E-state index contributed by atoms with van der Waals surface area (Å²) in [5, 5.41) is 10.5. The molecule has 0 atom stereocenters. The molecule has 0 radical (unpaired) electrons. The van der Waals surface area contributed by atoms with Crippen LogP contribution in [0.25, 0.3) is 0 Å². The number of rotatable bonds is 3. The number of carbonyl (C=O) groups is 1. The predicted octanol–water partition coefficient (Wildman–Crippen LogP) is 3.95. The lowest BCUT2D eigenvalue weighted by molar-refractivity contribution is -0.388. The minimum absolute atomic E-state index is 0.137. The molecule has 0 heterocycles. The van der Waals surface area contributed by atoms with Crippen molar-refractivity contribution in [2.24, 2.45) is 0 Å². The summed E-state index contributed by atoms with van der Waals surface area (Å²) < 4.78 is 37.4. The Labute approximate surface area is 116 Å². The van der Waals surface area contributed by atoms with E-state index in [1.807, 2.05) is 0 Å². The quantitative estimate of drug-likeness (QED) is 0.340. The number of hydrogen-bond donors (Lipinski definition) is 0. The van der Waals surface area contributed by atoms with Crippen molar-refractivity contribution >= 4 is 43.3 Å². The molecule has 0 bridgehead atoms. The van der Waals surface area contributed by atoms with Gasteiger partial charge in [-0.3, -0.25) is 14.9 Å². The first-order chi connectivity index (χ1) is 8.18. The number of nitro groups is 1. The van der Waals surface area contributed by atoms with E-state index in [-0.39, 0.29) is 10.9 Å². The summed E-state index contributed by atoms with van der Waals surface area (Å²) in [6, 6.07) is 1.54. The molecule has 0 spiro atoms. The van der Waals surface area contributed by atoms with Crippen LogP contribution >= 0.6 is 31.9 Å². The van der Waals surface area contributed by atoms with E-state index in [1.54, 1.807) is 0 Å². The van der Waals surface area contributed by atoms with E-state index in [1.165, 1.54) is 0 Å². The van der Waals surface area contributed by atoms with Gasteiger partial charge in [0.2, 0.25) is 0 Å². The maximum Gasteiger partial charge on any atom is 0.424 e. The summed E-state index contributed by atoms with van der Waals surface area (Å²) in [5.74, 6) is -0.549. The number of nitrogens with zero attached hydrogens (tertiary/aromatic N) is 1. The van der Waals surface area contributed by atoms with Crippen LogP contribution in [0.4, 0.5) is 18.9 Å². The molecule has 0 aromatic heterocycles. The molecule has 1 aromatic carbocycles. The van der Waals surface area contributed by atoms with E-state index in [0.29, 0.717) is 6.07 Å². The van der Waals surface area contributed by atoms with Crippen LogP contribution in [0.15, 0.2) is 16.6 Å². The van der Waals surface area contributed by atoms with Gasteiger partial charge in [0.15, 0.2) is 5.78 Å². The summed E-state index contributed by atoms with van der Waals surface area (Å²) in [6.07, 6.45) is -4.88. The minimum atomic E-state index is -4.88. The summed E-state index contributed by atoms with van der Waals surface area (Å²) in [5.41, 5.74) is -2.72. The van der Waals surface area contributed by atoms with Crippen molar-refractivity contribution in [1.29, 1.82) is 0 Å². The van der Waals surface area contributed by atoms with Crippen molar-refractivity contribution in [3.05, 3.63) is 37.8 Å². The SMILES string of the molecule is O=C(CBr)c1cc(Br)c(C(F)(F)F)c([N+](=O)[O-])c1. The molecule has 4 nitrogen and oxygen atoms in total. The second kappa shape index (κ2) is 5.35. The van der Waals surface area contributed by atoms with E-state index in [4.69, 9.17) is 0 Å². The molecule has 1 aromatic rings. The van der Waals surface area contributed by atoms with Gasteiger partial charge in [0.05, 0.1) is 10.3 Å². The van der Waals surface area contributed by atoms with Crippen LogP contribution in [-0.4, -0.2) is 16.0 Å². The van der Waals surface area contributed by atoms with Gasteiger partial charge in [0, 0.05) is 16.1 Å². The largest absolute Gasteiger partial charge is 0.424 e. The Kier molecular flexibility index (Phi) is 4.49. The molecule has 98 valence electrons. The molecule has 0 saturated carbocycles. The molecule has 0 saturated heterocycles. The molecule has 18 heavy (non-hydrogen) atoms. The molecule has 0 aliphatic rings. The lowest BCUT2D eigenvalue weighted by Crippen LogP contribution is -2.12. The fourth-order valence-corrected chi connectivity index (χ4v) is 2.25. The average molecular weight is 391 g/mol. The third kappa shape index (κ3) is 3.08. The zero-order valence-electron chi connectivity index (χ0n) is 8.42. The van der Waals surface area contributed by atoms with Crippen molar-refractivity contribution in [2.45, 2.75) is 6.18 Å². The van der Waals surface area contributed by atoms with Crippen LogP contribution in [0.2, 0.25) is 0 Å². The smallest absolute Gasteiger partial charge is 0.293 e. The molecule has 1 rings (SSSR count). The summed E-state index contributed by atoms with van der Waals surface area (Å²) in [7, 11) is 0. The number of carbonyl (C=O) groups excluding carboxylic acids is 1. The van der Waals surface area contributed by atoms with E-state index in [2.05, 4.69) is 31.9 Å². The van der Waals surface area contributed by atoms with Gasteiger partial charge < -0.3 is 0 Å². The van der Waals surface area contributed by atoms with Gasteiger partial charge in [0.1, 0.15) is 5.56 Å². The molecule has 0 aliphatic carbocycles. The molecular formula is C9H4Br2F3NO3. The maximum absolute atomic E-state index is 12.7. The van der Waals surface area contributed by atoms with Crippen molar-refractivity contribution in [1.82, 2.24) is 0 Å². The second-order valence-electron chi connectivity index (χ2n) is 3.16. The number of hydrogen-bond acceptors (Lipinski definition) is 3. The monoisotopic (exact) mass is 389 g/mol. The van der Waals surface area contributed by atoms with Crippen LogP contribution in [0.3, 0.4) is 0 Å². The predicted molar refractivity (Wildman–Crippen MR) is 63.9 cm³/mol. The molecule has 0 amide bonds. The first-order valence-electron chi connectivity index (χ1n) is 4.32. The minimum Gasteiger partial charge on any atom is -0.293 e. The average Bonchev–Trinajstić information content (AvgIpc) is 2.24. The van der Waals surface area contributed by atoms with E-state index < -0.39 is 32.6 Å². The van der Waals surface area contributed by atoms with E-state index in [9.17, 15) is 28.1 Å². The molecule has 0 aliphatic heterocycles. The Morgan fingerprint density at radius 3 is 2.33 bits per heavy atom. The number of Topliss-reactive ketones (excluding diaryl/α,β-unsaturated/α-hetero) is 1. The van der Waals surface area contributed by atoms with Crippen molar-refractivity contribution in [2.75, 3.05) is 5.33 Å². The molecular weight excluding hydrogens is 387 g/mol. The Hall–Kier alpha value is -0.960. The van der Waals surface area contributed by atoms with Gasteiger partial charge in [-0.05, 0) is 22.0 Å². The Bertz CT molecular complexity index is 517. The highest BCUT2D eigenvalue weighted by Gasteiger charge is 2.41. The summed E-state index contributed by atoms with van der Waals surface area (Å²) in [4.78, 5) is 20.8. The first kappa shape index (κ1) is 15.1. The van der Waals surface area contributed by atoms with Gasteiger partial charge in [-0.25, -0.2) is 0 Å². The van der Waals surface area contributed by atoms with Crippen molar-refractivity contribution < 1.29 is 22.9 Å². The van der Waals surface area contributed by atoms with Gasteiger partial charge >= 0.3 is 6.18 Å². The molecule has 9 heteroatoms. The van der Waals surface area contributed by atoms with Gasteiger partial charge in [-0.2, -0.15) is 13.2 Å². The summed E-state index contributed by atoms with van der Waals surface area (Å²) >= 11 is 5.45. The number of ketones is 1. The second-order valence-corrected chi connectivity index (χ2v) is 4.58. The Morgan fingerprint density at radius 1 is 1.39 bits per heavy atom. The normalized spacial score (nSPS) is 11.4. The Morgan fingerprint density at radius 2 is 1.94 bits per heavy atom. The topological polar surface area (TPSA) is 60.2 Å². The molecule has 0 fully saturated rings. The molecule has 0 unspecified atom stereocenters. The van der Waals surface area contributed by atoms with Crippen molar-refractivity contribution in [3.63, 3.8) is 0 Å². The number of alkyl halides is 4. The fraction of sp³-hybridized carbons (Fsp3) is 0.222. The first-order valence-corrected chi connectivity index (χ1v) is 6.24. The highest BCUT2D eigenvalue weighted by molar-refractivity contribution is 9.10. The zero-order valence-corrected chi connectivity index (χ0v) is 11.6. The van der Waals surface area contributed by atoms with Gasteiger partial charge in [-0.1, -0.05) is 15.9 Å². The fourth-order valence-electron chi connectivity index (χ4n) is 1.25. The van der Waals surface area contributed by atoms with Crippen molar-refractivity contribution in [3.8, 4) is 0 Å². The van der Waals surface area contributed by atoms with Gasteiger partial charge in [0.25, 0.3) is 5.69 Å². The zero-order chi connectivity index (χ0) is 14.1. The van der Waals surface area contributed by atoms with Crippen LogP contribution < -0.4 is 0 Å². The number of nitro benzene ring substituents is 1. The standard InChI is InChI=1S/C9H4Br2F3NO3/c10-3-7(16)4-1-5(11)8(9(12,13)14)6(2-4)15(17)18/h1-2H,3H2. The number of halogens is 5. The summed E-state index contributed by atoms with van der Waals surface area (Å²) in [6.45, 7) is 0. The lowest BCUT2D eigenvalue weighted by Gasteiger charge is -2.10. The van der Waals surface area contributed by atoms with Crippen LogP contribution in [0.1, 0.15) is 15.9 Å². The van der Waals surface area contributed by atoms with E-state index in [0.717, 1.165) is 6.07 Å². The third-order valence-electron chi connectivity index (χ3n) is 1.99. The number of benzene rings is 1. The Balaban J connectivity index is 3.56. The lowest BCUT2D eigenvalue weighted by atomic mass is 10.1.